The largest absolute Gasteiger partial charge is 0.481 e. The summed E-state index contributed by atoms with van der Waals surface area (Å²) in [5.41, 5.74) is 12.3. The van der Waals surface area contributed by atoms with Crippen LogP contribution in [0.2, 0.25) is 0 Å². The lowest BCUT2D eigenvalue weighted by atomic mass is 10.0. The summed E-state index contributed by atoms with van der Waals surface area (Å²) in [6.07, 6.45) is 3.00. The van der Waals surface area contributed by atoms with Crippen molar-refractivity contribution in [2.45, 2.75) is 88.5 Å². The number of aromatic nitrogens is 1. The molecule has 0 unspecified atom stereocenters. The summed E-state index contributed by atoms with van der Waals surface area (Å²) in [5, 5.41) is 22.8. The normalized spacial score (nSPS) is 16.1. The number of nitrogens with one attached hydrogen (secondary N) is 6. The van der Waals surface area contributed by atoms with E-state index in [0.29, 0.717) is 31.4 Å². The number of nitrogens with two attached hydrogens (primary N) is 2. The molecular formula is C34H49N9O9S. The zero-order chi connectivity index (χ0) is 39.1. The molecule has 3 rings (SSSR count). The Kier molecular flexibility index (Phi) is 16.5. The van der Waals surface area contributed by atoms with Gasteiger partial charge in [-0.1, -0.05) is 25.1 Å². The van der Waals surface area contributed by atoms with Crippen LogP contribution >= 0.6 is 12.6 Å². The second kappa shape index (κ2) is 20.8. The predicted molar refractivity (Wildman–Crippen MR) is 196 cm³/mol. The third-order valence-electron chi connectivity index (χ3n) is 8.77. The van der Waals surface area contributed by atoms with Crippen LogP contribution in [0.1, 0.15) is 57.4 Å². The van der Waals surface area contributed by atoms with Crippen molar-refractivity contribution >= 4 is 70.9 Å². The zero-order valence-corrected chi connectivity index (χ0v) is 30.4. The fraction of sp³-hybridized carbons (Fsp3) is 0.529. The highest BCUT2D eigenvalue weighted by atomic mass is 32.1. The molecule has 0 spiro atoms. The number of hydrogen-bond donors (Lipinski definition) is 10. The summed E-state index contributed by atoms with van der Waals surface area (Å²) in [6, 6.07) is 1.25. The number of rotatable bonds is 21. The highest BCUT2D eigenvalue weighted by molar-refractivity contribution is 7.80. The molecule has 0 radical (unpaired) electrons. The average Bonchev–Trinajstić information content (AvgIpc) is 3.79. The summed E-state index contributed by atoms with van der Waals surface area (Å²) in [5.74, 6) is -6.48. The van der Waals surface area contributed by atoms with Crippen molar-refractivity contribution in [3.05, 3.63) is 36.0 Å². The number of aromatic amines is 1. The molecule has 1 aliphatic heterocycles. The molecule has 1 fully saturated rings. The van der Waals surface area contributed by atoms with Crippen LogP contribution in [0.15, 0.2) is 30.5 Å². The molecule has 1 aliphatic rings. The molecule has 0 saturated carbocycles. The maximum absolute atomic E-state index is 14.2. The first kappa shape index (κ1) is 42.2. The fourth-order valence-corrected chi connectivity index (χ4v) is 6.22. The van der Waals surface area contributed by atoms with Gasteiger partial charge in [0.2, 0.25) is 41.4 Å². The SMILES string of the molecule is CCC(=O)N[C@@H](CCCCN)C(=O)NCC(=O)N[C@@H](CC(=O)O)C(=O)N[C@@H](Cc1c[nH]c2ccccc12)C(=O)N1CCC[C@H]1C(=O)N[C@@H](CS)C(N)=O. The summed E-state index contributed by atoms with van der Waals surface area (Å²) < 4.78 is 0. The molecule has 5 atom stereocenters. The number of primary amides is 1. The number of nitrogens with zero attached hydrogens (tertiary/aromatic N) is 1. The molecule has 18 nitrogen and oxygen atoms in total. The number of hydrogen-bond acceptors (Lipinski definition) is 10. The average molecular weight is 760 g/mol. The molecule has 53 heavy (non-hydrogen) atoms. The van der Waals surface area contributed by atoms with Crippen LogP contribution in [-0.2, 0) is 44.8 Å². The lowest BCUT2D eigenvalue weighted by molar-refractivity contribution is -0.143. The number of aliphatic carboxylic acids is 1. The van der Waals surface area contributed by atoms with Gasteiger partial charge in [-0.25, -0.2) is 0 Å². The Balaban J connectivity index is 1.80. The Bertz CT molecular complexity index is 1650. The van der Waals surface area contributed by atoms with Crippen LogP contribution in [0.25, 0.3) is 10.9 Å². The standard InChI is InChI=1S/C34H49N9O9S/c1-2-27(44)39-22(10-5-6-12-35)31(49)38-17-28(45)40-23(15-29(46)47)32(50)41-24(14-19-16-37-21-9-4-3-8-20(19)21)34(52)43-13-7-11-26(43)33(51)42-25(18-53)30(36)48/h3-4,8-9,16,22-26,37,53H,2,5-7,10-15,17-18,35H2,1H3,(H2,36,48)(H,38,49)(H,39,44)(H,40,45)(H,41,50)(H,42,51)(H,46,47)/t22-,23-,24-,25-,26-/m0/s1. The number of amides is 7. The van der Waals surface area contributed by atoms with Gasteiger partial charge in [0.05, 0.1) is 13.0 Å². The van der Waals surface area contributed by atoms with Gasteiger partial charge in [0.25, 0.3) is 0 Å². The van der Waals surface area contributed by atoms with Crippen molar-refractivity contribution in [2.24, 2.45) is 11.5 Å². The molecular weight excluding hydrogens is 710 g/mol. The number of H-pyrrole nitrogens is 1. The molecule has 19 heteroatoms. The highest BCUT2D eigenvalue weighted by Crippen LogP contribution is 2.23. The van der Waals surface area contributed by atoms with Crippen molar-refractivity contribution in [2.75, 3.05) is 25.4 Å². The smallest absolute Gasteiger partial charge is 0.305 e. The van der Waals surface area contributed by atoms with E-state index >= 15 is 0 Å². The van der Waals surface area contributed by atoms with Crippen molar-refractivity contribution in [1.29, 1.82) is 0 Å². The Morgan fingerprint density at radius 2 is 1.66 bits per heavy atom. The maximum atomic E-state index is 14.2. The molecule has 0 aliphatic carbocycles. The summed E-state index contributed by atoms with van der Waals surface area (Å²) >= 11 is 4.06. The van der Waals surface area contributed by atoms with Gasteiger partial charge in [-0.05, 0) is 50.3 Å². The third kappa shape index (κ3) is 12.5. The van der Waals surface area contributed by atoms with Crippen LogP contribution < -0.4 is 38.1 Å². The number of para-hydroxylation sites is 1. The maximum Gasteiger partial charge on any atom is 0.305 e. The van der Waals surface area contributed by atoms with E-state index in [0.717, 1.165) is 10.9 Å². The number of likely N-dealkylation sites (tertiary alicyclic amines) is 1. The Morgan fingerprint density at radius 1 is 0.943 bits per heavy atom. The number of unbranched alkanes of at least 4 members (excludes halogenated alkanes) is 1. The van der Waals surface area contributed by atoms with Gasteiger partial charge in [0.1, 0.15) is 30.2 Å². The van der Waals surface area contributed by atoms with Crippen molar-refractivity contribution < 1.29 is 43.5 Å². The van der Waals surface area contributed by atoms with Crippen LogP contribution in [0, 0.1) is 0 Å². The Hall–Kier alpha value is -5.17. The quantitative estimate of drug-likeness (QED) is 0.0503. The minimum atomic E-state index is -1.67. The molecule has 2 aromatic rings. The van der Waals surface area contributed by atoms with Crippen molar-refractivity contribution in [3.63, 3.8) is 0 Å². The lowest BCUT2D eigenvalue weighted by Crippen LogP contribution is -2.59. The molecule has 11 N–H and O–H groups in total. The molecule has 290 valence electrons. The van der Waals surface area contributed by atoms with E-state index in [-0.39, 0.29) is 43.9 Å². The van der Waals surface area contributed by atoms with E-state index in [2.05, 4.69) is 44.2 Å². The number of carbonyl (C=O) groups excluding carboxylic acids is 7. The van der Waals surface area contributed by atoms with E-state index in [9.17, 15) is 43.5 Å². The zero-order valence-electron chi connectivity index (χ0n) is 29.5. The van der Waals surface area contributed by atoms with Gasteiger partial charge in [0.15, 0.2) is 0 Å². The van der Waals surface area contributed by atoms with E-state index < -0.39 is 84.6 Å². The Labute approximate surface area is 311 Å². The van der Waals surface area contributed by atoms with E-state index in [1.54, 1.807) is 19.2 Å². The monoisotopic (exact) mass is 759 g/mol. The first-order valence-corrected chi connectivity index (χ1v) is 18.1. The Morgan fingerprint density at radius 3 is 2.32 bits per heavy atom. The van der Waals surface area contributed by atoms with Gasteiger partial charge in [-0.2, -0.15) is 12.6 Å². The number of carboxylic acid groups (broad SMARTS) is 1. The first-order valence-electron chi connectivity index (χ1n) is 17.4. The van der Waals surface area contributed by atoms with Gasteiger partial charge in [0, 0.05) is 42.2 Å². The van der Waals surface area contributed by atoms with Crippen molar-refractivity contribution in [1.82, 2.24) is 36.5 Å². The van der Waals surface area contributed by atoms with E-state index in [4.69, 9.17) is 11.5 Å². The second-order valence-corrected chi connectivity index (χ2v) is 13.0. The van der Waals surface area contributed by atoms with Gasteiger partial charge in [-0.3, -0.25) is 38.4 Å². The highest BCUT2D eigenvalue weighted by Gasteiger charge is 2.39. The van der Waals surface area contributed by atoms with Crippen LogP contribution in [-0.4, -0.2) is 118 Å². The minimum Gasteiger partial charge on any atom is -0.481 e. The fourth-order valence-electron chi connectivity index (χ4n) is 5.95. The van der Waals surface area contributed by atoms with Crippen LogP contribution in [0.4, 0.5) is 0 Å². The number of benzene rings is 1. The van der Waals surface area contributed by atoms with Crippen LogP contribution in [0.5, 0.6) is 0 Å². The predicted octanol–water partition coefficient (Wildman–Crippen LogP) is -1.81. The number of carbonyl (C=O) groups is 8. The van der Waals surface area contributed by atoms with E-state index in [1.165, 1.54) is 4.90 Å². The molecule has 0 bridgehead atoms. The minimum absolute atomic E-state index is 0.0633. The molecule has 7 amide bonds. The summed E-state index contributed by atoms with van der Waals surface area (Å²) in [7, 11) is 0. The van der Waals surface area contributed by atoms with Gasteiger partial charge >= 0.3 is 5.97 Å². The van der Waals surface area contributed by atoms with Crippen LogP contribution in [0.3, 0.4) is 0 Å². The summed E-state index contributed by atoms with van der Waals surface area (Å²) in [6.45, 7) is 1.52. The molecule has 2 heterocycles. The van der Waals surface area contributed by atoms with E-state index in [1.807, 2.05) is 18.2 Å². The first-order chi connectivity index (χ1) is 25.3. The van der Waals surface area contributed by atoms with Gasteiger partial charge < -0.3 is 53.0 Å². The lowest BCUT2D eigenvalue weighted by Gasteiger charge is -2.30. The molecule has 1 saturated heterocycles. The summed E-state index contributed by atoms with van der Waals surface area (Å²) in [4.78, 5) is 107. The van der Waals surface area contributed by atoms with Crippen molar-refractivity contribution in [3.8, 4) is 0 Å². The van der Waals surface area contributed by atoms with Gasteiger partial charge in [-0.15, -0.1) is 0 Å². The number of fused-ring (bicyclic) bond motifs is 1. The molecule has 1 aromatic heterocycles. The topological polar surface area (TPSA) is 288 Å². The second-order valence-electron chi connectivity index (χ2n) is 12.7. The molecule has 1 aromatic carbocycles. The number of carboxylic acids is 1. The third-order valence-corrected chi connectivity index (χ3v) is 9.13. The number of thiol groups is 1.